The lowest BCUT2D eigenvalue weighted by atomic mass is 9.74. The Bertz CT molecular complexity index is 281. The first kappa shape index (κ1) is 14.0. The summed E-state index contributed by atoms with van der Waals surface area (Å²) in [6.07, 6.45) is 2.93. The van der Waals surface area contributed by atoms with Gasteiger partial charge in [0.05, 0.1) is 11.8 Å². The zero-order valence-electron chi connectivity index (χ0n) is 10.3. The van der Waals surface area contributed by atoms with E-state index < -0.39 is 11.9 Å². The van der Waals surface area contributed by atoms with E-state index in [0.29, 0.717) is 31.8 Å². The van der Waals surface area contributed by atoms with Crippen LogP contribution in [-0.4, -0.2) is 30.1 Å². The highest BCUT2D eigenvalue weighted by atomic mass is 16.4. The number of amides is 1. The van der Waals surface area contributed by atoms with E-state index in [4.69, 9.17) is 10.8 Å². The minimum atomic E-state index is -0.851. The molecule has 0 heterocycles. The van der Waals surface area contributed by atoms with Gasteiger partial charge in [-0.1, -0.05) is 6.92 Å². The number of aliphatic carboxylic acids is 1. The molecule has 0 aromatic carbocycles. The summed E-state index contributed by atoms with van der Waals surface area (Å²) in [5.74, 6) is -1.49. The first-order valence-corrected chi connectivity index (χ1v) is 6.26. The Morgan fingerprint density at radius 1 is 1.35 bits per heavy atom. The summed E-state index contributed by atoms with van der Waals surface area (Å²) in [6, 6.07) is 0. The second kappa shape index (κ2) is 6.59. The van der Waals surface area contributed by atoms with Crippen molar-refractivity contribution in [2.24, 2.45) is 23.5 Å². The predicted octanol–water partition coefficient (Wildman–Crippen LogP) is 0.588. The Morgan fingerprint density at radius 3 is 2.65 bits per heavy atom. The van der Waals surface area contributed by atoms with E-state index in [-0.39, 0.29) is 11.8 Å². The molecule has 0 bridgehead atoms. The SMILES string of the molecule is CC1CCC(C(=O)NCCCN)C(C(=O)O)C1. The van der Waals surface area contributed by atoms with Gasteiger partial charge in [0, 0.05) is 6.54 Å². The Morgan fingerprint density at radius 2 is 2.06 bits per heavy atom. The molecule has 1 fully saturated rings. The van der Waals surface area contributed by atoms with Gasteiger partial charge in [-0.2, -0.15) is 0 Å². The quantitative estimate of drug-likeness (QED) is 0.615. The van der Waals surface area contributed by atoms with E-state index in [1.54, 1.807) is 0 Å². The molecule has 5 nitrogen and oxygen atoms in total. The summed E-state index contributed by atoms with van der Waals surface area (Å²) in [5, 5.41) is 11.9. The van der Waals surface area contributed by atoms with Crippen molar-refractivity contribution >= 4 is 11.9 Å². The van der Waals surface area contributed by atoms with Gasteiger partial charge in [0.1, 0.15) is 0 Å². The third-order valence-electron chi connectivity index (χ3n) is 3.45. The average molecular weight is 242 g/mol. The molecule has 3 unspecified atom stereocenters. The average Bonchev–Trinajstić information content (AvgIpc) is 2.29. The van der Waals surface area contributed by atoms with Crippen LogP contribution in [0.3, 0.4) is 0 Å². The molecule has 1 saturated carbocycles. The van der Waals surface area contributed by atoms with Crippen molar-refractivity contribution < 1.29 is 14.7 Å². The molecule has 0 aliphatic heterocycles. The molecule has 98 valence electrons. The van der Waals surface area contributed by atoms with Crippen molar-refractivity contribution in [1.29, 1.82) is 0 Å². The number of rotatable bonds is 5. The smallest absolute Gasteiger partial charge is 0.307 e. The number of hydrogen-bond donors (Lipinski definition) is 3. The van der Waals surface area contributed by atoms with Crippen LogP contribution >= 0.6 is 0 Å². The Kier molecular flexibility index (Phi) is 5.41. The number of carbonyl (C=O) groups is 2. The molecule has 5 heteroatoms. The van der Waals surface area contributed by atoms with Gasteiger partial charge in [-0.3, -0.25) is 9.59 Å². The third kappa shape index (κ3) is 4.00. The molecule has 1 aliphatic rings. The summed E-state index contributed by atoms with van der Waals surface area (Å²) in [5.41, 5.74) is 5.34. The molecule has 4 N–H and O–H groups in total. The van der Waals surface area contributed by atoms with Crippen LogP contribution in [0, 0.1) is 17.8 Å². The van der Waals surface area contributed by atoms with Gasteiger partial charge in [-0.05, 0) is 38.1 Å². The van der Waals surface area contributed by atoms with Crippen LogP contribution in [0.15, 0.2) is 0 Å². The standard InChI is InChI=1S/C12H22N2O3/c1-8-3-4-9(10(7-8)12(16)17)11(15)14-6-2-5-13/h8-10H,2-7,13H2,1H3,(H,14,15)(H,16,17). The van der Waals surface area contributed by atoms with Crippen LogP contribution in [-0.2, 0) is 9.59 Å². The molecule has 0 aromatic heterocycles. The molecule has 3 atom stereocenters. The maximum atomic E-state index is 11.9. The van der Waals surface area contributed by atoms with Crippen molar-refractivity contribution in [3.63, 3.8) is 0 Å². The fourth-order valence-corrected chi connectivity index (χ4v) is 2.41. The Labute approximate surface area is 102 Å². The van der Waals surface area contributed by atoms with E-state index in [9.17, 15) is 9.59 Å². The molecule has 1 amide bonds. The third-order valence-corrected chi connectivity index (χ3v) is 3.45. The van der Waals surface area contributed by atoms with E-state index >= 15 is 0 Å². The van der Waals surface area contributed by atoms with E-state index in [1.165, 1.54) is 0 Å². The molecule has 1 aliphatic carbocycles. The normalized spacial score (nSPS) is 28.7. The molecule has 0 saturated heterocycles. The number of carboxylic acid groups (broad SMARTS) is 1. The molecule has 1 rings (SSSR count). The minimum absolute atomic E-state index is 0.127. The van der Waals surface area contributed by atoms with E-state index in [2.05, 4.69) is 5.32 Å². The second-order valence-corrected chi connectivity index (χ2v) is 4.90. The lowest BCUT2D eigenvalue weighted by Gasteiger charge is -2.31. The fourth-order valence-electron chi connectivity index (χ4n) is 2.41. The van der Waals surface area contributed by atoms with Gasteiger partial charge < -0.3 is 16.2 Å². The van der Waals surface area contributed by atoms with Crippen LogP contribution in [0.4, 0.5) is 0 Å². The first-order chi connectivity index (χ1) is 8.06. The maximum absolute atomic E-state index is 11.9. The van der Waals surface area contributed by atoms with E-state index in [0.717, 1.165) is 12.8 Å². The van der Waals surface area contributed by atoms with Gasteiger partial charge in [0.15, 0.2) is 0 Å². The minimum Gasteiger partial charge on any atom is -0.481 e. The monoisotopic (exact) mass is 242 g/mol. The summed E-state index contributed by atoms with van der Waals surface area (Å²) in [4.78, 5) is 23.0. The van der Waals surface area contributed by atoms with Crippen molar-refractivity contribution in [2.75, 3.05) is 13.1 Å². The lowest BCUT2D eigenvalue weighted by molar-refractivity contribution is -0.149. The number of nitrogens with one attached hydrogen (secondary N) is 1. The lowest BCUT2D eigenvalue weighted by Crippen LogP contribution is -2.41. The number of nitrogens with two attached hydrogens (primary N) is 1. The summed E-state index contributed by atoms with van der Waals surface area (Å²) in [7, 11) is 0. The van der Waals surface area contributed by atoms with Crippen molar-refractivity contribution in [1.82, 2.24) is 5.32 Å². The summed E-state index contributed by atoms with van der Waals surface area (Å²) in [6.45, 7) is 3.11. The molecule has 0 radical (unpaired) electrons. The van der Waals surface area contributed by atoms with Crippen molar-refractivity contribution in [3.8, 4) is 0 Å². The zero-order valence-corrected chi connectivity index (χ0v) is 10.3. The highest BCUT2D eigenvalue weighted by Crippen LogP contribution is 2.34. The molecule has 17 heavy (non-hydrogen) atoms. The van der Waals surface area contributed by atoms with Crippen LogP contribution in [0.5, 0.6) is 0 Å². The van der Waals surface area contributed by atoms with Crippen LogP contribution < -0.4 is 11.1 Å². The largest absolute Gasteiger partial charge is 0.481 e. The van der Waals surface area contributed by atoms with Gasteiger partial charge >= 0.3 is 5.97 Å². The topological polar surface area (TPSA) is 92.4 Å². The number of hydrogen-bond acceptors (Lipinski definition) is 3. The Balaban J connectivity index is 2.54. The highest BCUT2D eigenvalue weighted by molar-refractivity contribution is 5.84. The molecular formula is C12H22N2O3. The summed E-state index contributed by atoms with van der Waals surface area (Å²) >= 11 is 0. The predicted molar refractivity (Wildman–Crippen MR) is 64.3 cm³/mol. The first-order valence-electron chi connectivity index (χ1n) is 6.26. The zero-order chi connectivity index (χ0) is 12.8. The second-order valence-electron chi connectivity index (χ2n) is 4.90. The van der Waals surface area contributed by atoms with Gasteiger partial charge in [-0.15, -0.1) is 0 Å². The molecule has 0 spiro atoms. The van der Waals surface area contributed by atoms with E-state index in [1.807, 2.05) is 6.92 Å². The number of carboxylic acids is 1. The van der Waals surface area contributed by atoms with Crippen LogP contribution in [0.25, 0.3) is 0 Å². The fraction of sp³-hybridized carbons (Fsp3) is 0.833. The van der Waals surface area contributed by atoms with Crippen LogP contribution in [0.2, 0.25) is 0 Å². The van der Waals surface area contributed by atoms with Gasteiger partial charge in [0.2, 0.25) is 5.91 Å². The van der Waals surface area contributed by atoms with Crippen molar-refractivity contribution in [2.45, 2.75) is 32.6 Å². The van der Waals surface area contributed by atoms with Gasteiger partial charge in [-0.25, -0.2) is 0 Å². The van der Waals surface area contributed by atoms with Gasteiger partial charge in [0.25, 0.3) is 0 Å². The number of carbonyl (C=O) groups excluding carboxylic acids is 1. The molecule has 0 aromatic rings. The summed E-state index contributed by atoms with van der Waals surface area (Å²) < 4.78 is 0. The highest BCUT2D eigenvalue weighted by Gasteiger charge is 2.37. The maximum Gasteiger partial charge on any atom is 0.307 e. The van der Waals surface area contributed by atoms with Crippen molar-refractivity contribution in [3.05, 3.63) is 0 Å². The molecular weight excluding hydrogens is 220 g/mol. The Hall–Kier alpha value is -1.10. The van der Waals surface area contributed by atoms with Crippen LogP contribution in [0.1, 0.15) is 32.6 Å².